The third-order valence-corrected chi connectivity index (χ3v) is 4.45. The Bertz CT molecular complexity index is 967. The normalized spacial score (nSPS) is 10.5. The molecule has 136 valence electrons. The number of aromatic hydroxyl groups is 1. The van der Waals surface area contributed by atoms with Gasteiger partial charge in [-0.15, -0.1) is 0 Å². The molecule has 0 saturated carbocycles. The molecule has 0 amide bonds. The van der Waals surface area contributed by atoms with Gasteiger partial charge in [0.1, 0.15) is 11.6 Å². The van der Waals surface area contributed by atoms with Crippen molar-refractivity contribution in [3.8, 4) is 17.7 Å². The second-order valence-electron chi connectivity index (χ2n) is 5.39. The number of hydrogen-bond donors (Lipinski definition) is 1. The molecule has 0 bridgehead atoms. The number of hydrogen-bond acceptors (Lipinski definition) is 5. The van der Waals surface area contributed by atoms with Crippen LogP contribution in [-0.4, -0.2) is 22.1 Å². The molecular formula is C18H16Cl2N2O4. The van der Waals surface area contributed by atoms with Gasteiger partial charge in [-0.2, -0.15) is 5.26 Å². The molecule has 26 heavy (non-hydrogen) atoms. The first-order valence-electron chi connectivity index (χ1n) is 7.81. The topological polar surface area (TPSA) is 92.3 Å². The first-order chi connectivity index (χ1) is 12.3. The molecule has 6 nitrogen and oxygen atoms in total. The largest absolute Gasteiger partial charge is 0.494 e. The van der Waals surface area contributed by atoms with E-state index in [1.54, 1.807) is 19.9 Å². The van der Waals surface area contributed by atoms with E-state index >= 15 is 0 Å². The van der Waals surface area contributed by atoms with E-state index in [0.29, 0.717) is 6.61 Å². The van der Waals surface area contributed by atoms with Gasteiger partial charge in [0.25, 0.3) is 5.56 Å². The summed E-state index contributed by atoms with van der Waals surface area (Å²) in [5, 5.41) is 20.0. The zero-order chi connectivity index (χ0) is 19.6. The van der Waals surface area contributed by atoms with Crippen LogP contribution >= 0.6 is 23.2 Å². The number of ether oxygens (including phenoxy) is 1. The van der Waals surface area contributed by atoms with E-state index in [4.69, 9.17) is 27.9 Å². The van der Waals surface area contributed by atoms with Gasteiger partial charge in [-0.05, 0) is 38.5 Å². The lowest BCUT2D eigenvalue weighted by Gasteiger charge is -2.15. The summed E-state index contributed by atoms with van der Waals surface area (Å²) in [4.78, 5) is 25.2. The lowest BCUT2D eigenvalue weighted by molar-refractivity contribution is 0.103. The molecule has 0 aliphatic carbocycles. The van der Waals surface area contributed by atoms with Crippen LogP contribution < -0.4 is 10.3 Å². The van der Waals surface area contributed by atoms with Crippen molar-refractivity contribution < 1.29 is 14.6 Å². The summed E-state index contributed by atoms with van der Waals surface area (Å²) in [6.45, 7) is 5.27. The Balaban J connectivity index is 2.72. The Morgan fingerprint density at radius 3 is 2.35 bits per heavy atom. The number of ketones is 1. The van der Waals surface area contributed by atoms with Crippen LogP contribution in [0.25, 0.3) is 0 Å². The molecule has 2 rings (SSSR count). The molecule has 0 aliphatic rings. The number of nitrogens with zero attached hydrogens (tertiary/aromatic N) is 2. The molecule has 1 N–H and O–H groups in total. The summed E-state index contributed by atoms with van der Waals surface area (Å²) < 4.78 is 6.30. The number of halogens is 2. The zero-order valence-electron chi connectivity index (χ0n) is 14.4. The minimum Gasteiger partial charge on any atom is -0.494 e. The van der Waals surface area contributed by atoms with E-state index in [-0.39, 0.29) is 44.6 Å². The predicted molar refractivity (Wildman–Crippen MR) is 98.6 cm³/mol. The molecule has 0 unspecified atom stereocenters. The number of pyridine rings is 1. The van der Waals surface area contributed by atoms with E-state index in [2.05, 4.69) is 0 Å². The van der Waals surface area contributed by atoms with Crippen molar-refractivity contribution in [3.05, 3.63) is 54.8 Å². The van der Waals surface area contributed by atoms with Crippen LogP contribution in [0, 0.1) is 18.3 Å². The fraction of sp³-hybridized carbons (Fsp3) is 0.278. The minimum atomic E-state index is -0.649. The Labute approximate surface area is 160 Å². The summed E-state index contributed by atoms with van der Waals surface area (Å²) in [5.74, 6) is -0.852. The van der Waals surface area contributed by atoms with Crippen LogP contribution in [0.15, 0.2) is 16.9 Å². The van der Waals surface area contributed by atoms with Crippen LogP contribution in [-0.2, 0) is 6.54 Å². The molecule has 0 atom stereocenters. The number of benzene rings is 1. The van der Waals surface area contributed by atoms with Crippen molar-refractivity contribution in [3.63, 3.8) is 0 Å². The standard InChI is InChI=1S/C18H16Cl2N2O4/c1-4-22-17(24)11(8-21)9(3)14(18(22)25)15(23)10-6-12(19)16(26-5-2)13(20)7-10/h6-7,25H,4-5H2,1-3H3. The number of rotatable bonds is 5. The van der Waals surface area contributed by atoms with Gasteiger partial charge in [0.15, 0.2) is 11.5 Å². The summed E-state index contributed by atoms with van der Waals surface area (Å²) in [6.07, 6.45) is 0. The number of carbonyl (C=O) groups is 1. The lowest BCUT2D eigenvalue weighted by Crippen LogP contribution is -2.26. The SMILES string of the molecule is CCOc1c(Cl)cc(C(=O)c2c(C)c(C#N)c(=O)n(CC)c2O)cc1Cl. The highest BCUT2D eigenvalue weighted by molar-refractivity contribution is 6.38. The average molecular weight is 395 g/mol. The zero-order valence-corrected chi connectivity index (χ0v) is 15.9. The maximum Gasteiger partial charge on any atom is 0.271 e. The first kappa shape index (κ1) is 19.8. The second-order valence-corrected chi connectivity index (χ2v) is 6.21. The third kappa shape index (κ3) is 3.28. The molecule has 2 aromatic rings. The van der Waals surface area contributed by atoms with Crippen LogP contribution in [0.2, 0.25) is 10.0 Å². The minimum absolute atomic E-state index is 0.102. The van der Waals surface area contributed by atoms with E-state index in [0.717, 1.165) is 4.57 Å². The molecular weight excluding hydrogens is 379 g/mol. The number of aromatic nitrogens is 1. The Kier molecular flexibility index (Phi) is 5.96. The van der Waals surface area contributed by atoms with Crippen molar-refractivity contribution in [1.82, 2.24) is 4.57 Å². The maximum atomic E-state index is 13.0. The van der Waals surface area contributed by atoms with E-state index < -0.39 is 17.2 Å². The number of nitriles is 1. The molecule has 0 radical (unpaired) electrons. The Hall–Kier alpha value is -2.49. The van der Waals surface area contributed by atoms with Crippen LogP contribution in [0.5, 0.6) is 11.6 Å². The van der Waals surface area contributed by atoms with Gasteiger partial charge in [0.2, 0.25) is 5.88 Å². The van der Waals surface area contributed by atoms with Gasteiger partial charge in [-0.1, -0.05) is 23.2 Å². The lowest BCUT2D eigenvalue weighted by atomic mass is 9.97. The summed E-state index contributed by atoms with van der Waals surface area (Å²) >= 11 is 12.3. The van der Waals surface area contributed by atoms with Crippen molar-refractivity contribution in [2.45, 2.75) is 27.3 Å². The van der Waals surface area contributed by atoms with E-state index in [9.17, 15) is 20.0 Å². The van der Waals surface area contributed by atoms with Gasteiger partial charge in [-0.25, -0.2) is 0 Å². The Morgan fingerprint density at radius 2 is 1.88 bits per heavy atom. The molecule has 0 spiro atoms. The summed E-state index contributed by atoms with van der Waals surface area (Å²) in [6, 6.07) is 4.53. The fourth-order valence-corrected chi connectivity index (χ4v) is 3.23. The molecule has 0 aliphatic heterocycles. The van der Waals surface area contributed by atoms with Gasteiger partial charge < -0.3 is 9.84 Å². The highest BCUT2D eigenvalue weighted by Gasteiger charge is 2.25. The molecule has 1 aromatic carbocycles. The molecule has 0 saturated heterocycles. The second kappa shape index (κ2) is 7.81. The predicted octanol–water partition coefficient (Wildman–Crippen LogP) is 3.69. The first-order valence-corrected chi connectivity index (χ1v) is 8.56. The average Bonchev–Trinajstić information content (AvgIpc) is 2.58. The van der Waals surface area contributed by atoms with Crippen LogP contribution in [0.3, 0.4) is 0 Å². The number of carbonyl (C=O) groups excluding carboxylic acids is 1. The molecule has 1 heterocycles. The van der Waals surface area contributed by atoms with Crippen molar-refractivity contribution in [2.24, 2.45) is 0 Å². The molecule has 0 fully saturated rings. The van der Waals surface area contributed by atoms with Gasteiger partial charge in [-0.3, -0.25) is 14.2 Å². The van der Waals surface area contributed by atoms with Gasteiger partial charge in [0.05, 0.1) is 22.2 Å². The highest BCUT2D eigenvalue weighted by atomic mass is 35.5. The summed E-state index contributed by atoms with van der Waals surface area (Å²) in [5.41, 5.74) is -0.780. The van der Waals surface area contributed by atoms with Crippen molar-refractivity contribution >= 4 is 29.0 Å². The highest BCUT2D eigenvalue weighted by Crippen LogP contribution is 2.36. The fourth-order valence-electron chi connectivity index (χ4n) is 2.63. The Morgan fingerprint density at radius 1 is 1.31 bits per heavy atom. The third-order valence-electron chi connectivity index (χ3n) is 3.89. The van der Waals surface area contributed by atoms with Crippen LogP contribution in [0.4, 0.5) is 0 Å². The smallest absolute Gasteiger partial charge is 0.271 e. The molecule has 1 aromatic heterocycles. The monoisotopic (exact) mass is 394 g/mol. The van der Waals surface area contributed by atoms with Crippen LogP contribution in [0.1, 0.15) is 40.9 Å². The maximum absolute atomic E-state index is 13.0. The van der Waals surface area contributed by atoms with E-state index in [1.165, 1.54) is 19.1 Å². The van der Waals surface area contributed by atoms with Gasteiger partial charge >= 0.3 is 0 Å². The van der Waals surface area contributed by atoms with E-state index in [1.807, 2.05) is 0 Å². The van der Waals surface area contributed by atoms with Gasteiger partial charge in [0, 0.05) is 12.1 Å². The summed E-state index contributed by atoms with van der Waals surface area (Å²) in [7, 11) is 0. The van der Waals surface area contributed by atoms with Crippen molar-refractivity contribution in [2.75, 3.05) is 6.61 Å². The molecule has 8 heteroatoms. The van der Waals surface area contributed by atoms with Crippen molar-refractivity contribution in [1.29, 1.82) is 5.26 Å². The quantitative estimate of drug-likeness (QED) is 0.780.